The average molecular weight is 188 g/mol. The number of imidazole rings is 1. The van der Waals surface area contributed by atoms with Gasteiger partial charge < -0.3 is 4.40 Å². The van der Waals surface area contributed by atoms with Gasteiger partial charge in [-0.3, -0.25) is 4.79 Å². The molecular weight excluding hydrogens is 176 g/mol. The Hall–Kier alpha value is -1.64. The summed E-state index contributed by atoms with van der Waals surface area (Å²) >= 11 is 0. The van der Waals surface area contributed by atoms with Gasteiger partial charge in [-0.05, 0) is 24.6 Å². The maximum Gasteiger partial charge on any atom is 0.170 e. The van der Waals surface area contributed by atoms with Gasteiger partial charge in [-0.1, -0.05) is 6.92 Å². The van der Waals surface area contributed by atoms with Crippen LogP contribution in [0.3, 0.4) is 0 Å². The largest absolute Gasteiger partial charge is 0.303 e. The summed E-state index contributed by atoms with van der Waals surface area (Å²) < 4.78 is 1.97. The normalized spacial score (nSPS) is 10.7. The van der Waals surface area contributed by atoms with Crippen molar-refractivity contribution in [3.63, 3.8) is 0 Å². The van der Waals surface area contributed by atoms with E-state index in [2.05, 4.69) is 4.98 Å². The minimum absolute atomic E-state index is 0.533. The van der Waals surface area contributed by atoms with Gasteiger partial charge in [-0.2, -0.15) is 0 Å². The molecule has 0 saturated carbocycles. The number of hydrogen-bond acceptors (Lipinski definition) is 2. The maximum atomic E-state index is 10.8. The van der Waals surface area contributed by atoms with Crippen LogP contribution in [0.5, 0.6) is 0 Å². The molecule has 0 spiro atoms. The van der Waals surface area contributed by atoms with Crippen molar-refractivity contribution in [2.45, 2.75) is 20.3 Å². The molecule has 0 aliphatic rings. The third-order valence-electron chi connectivity index (χ3n) is 2.33. The van der Waals surface area contributed by atoms with Crippen molar-refractivity contribution in [3.05, 3.63) is 35.4 Å². The number of rotatable bonds is 2. The van der Waals surface area contributed by atoms with Crippen molar-refractivity contribution >= 4 is 11.8 Å². The molecule has 0 aromatic carbocycles. The number of nitrogens with zero attached hydrogens (tertiary/aromatic N) is 2. The molecule has 14 heavy (non-hydrogen) atoms. The zero-order chi connectivity index (χ0) is 10.1. The fourth-order valence-electron chi connectivity index (χ4n) is 1.61. The van der Waals surface area contributed by atoms with Gasteiger partial charge in [0, 0.05) is 12.6 Å². The van der Waals surface area contributed by atoms with Crippen molar-refractivity contribution in [3.8, 4) is 0 Å². The Morgan fingerprint density at radius 1 is 1.57 bits per heavy atom. The van der Waals surface area contributed by atoms with E-state index >= 15 is 0 Å². The van der Waals surface area contributed by atoms with Gasteiger partial charge in [-0.15, -0.1) is 0 Å². The zero-order valence-corrected chi connectivity index (χ0v) is 8.32. The SMILES string of the molecule is CCc1nc(C=O)c2cc(C)ccn12. The molecule has 0 unspecified atom stereocenters. The smallest absolute Gasteiger partial charge is 0.170 e. The molecule has 2 heterocycles. The molecule has 0 aliphatic heterocycles. The highest BCUT2D eigenvalue weighted by molar-refractivity contribution is 5.84. The van der Waals surface area contributed by atoms with Gasteiger partial charge in [0.2, 0.25) is 0 Å². The highest BCUT2D eigenvalue weighted by Gasteiger charge is 2.08. The van der Waals surface area contributed by atoms with Crippen LogP contribution in [0.4, 0.5) is 0 Å². The minimum Gasteiger partial charge on any atom is -0.303 e. The Morgan fingerprint density at radius 3 is 3.00 bits per heavy atom. The number of hydrogen-bond donors (Lipinski definition) is 0. The van der Waals surface area contributed by atoms with Crippen molar-refractivity contribution in [1.29, 1.82) is 0 Å². The molecule has 0 saturated heterocycles. The minimum atomic E-state index is 0.533. The summed E-state index contributed by atoms with van der Waals surface area (Å²) in [6, 6.07) is 4.00. The van der Waals surface area contributed by atoms with Crippen LogP contribution in [0.1, 0.15) is 28.8 Å². The number of carbonyl (C=O) groups is 1. The van der Waals surface area contributed by atoms with E-state index in [9.17, 15) is 4.79 Å². The molecule has 0 radical (unpaired) electrons. The van der Waals surface area contributed by atoms with Gasteiger partial charge >= 0.3 is 0 Å². The lowest BCUT2D eigenvalue weighted by atomic mass is 10.2. The molecule has 2 aromatic heterocycles. The number of aromatic nitrogens is 2. The summed E-state index contributed by atoms with van der Waals surface area (Å²) in [5, 5.41) is 0. The Labute approximate surface area is 82.4 Å². The summed E-state index contributed by atoms with van der Waals surface area (Å²) in [6.07, 6.45) is 3.61. The number of carbonyl (C=O) groups excluding carboxylic acids is 1. The lowest BCUT2D eigenvalue weighted by Gasteiger charge is -1.98. The molecular formula is C11H12N2O. The van der Waals surface area contributed by atoms with Crippen LogP contribution in [-0.4, -0.2) is 15.7 Å². The van der Waals surface area contributed by atoms with E-state index < -0.39 is 0 Å². The van der Waals surface area contributed by atoms with Crippen molar-refractivity contribution in [1.82, 2.24) is 9.38 Å². The number of pyridine rings is 1. The molecule has 3 nitrogen and oxygen atoms in total. The second kappa shape index (κ2) is 3.25. The van der Waals surface area contributed by atoms with E-state index in [1.807, 2.05) is 36.6 Å². The number of aldehydes is 1. The molecule has 2 aromatic rings. The lowest BCUT2D eigenvalue weighted by Crippen LogP contribution is -1.91. The van der Waals surface area contributed by atoms with Gasteiger partial charge in [0.15, 0.2) is 6.29 Å². The molecule has 0 fully saturated rings. The molecule has 0 N–H and O–H groups in total. The second-order valence-electron chi connectivity index (χ2n) is 3.34. The quantitative estimate of drug-likeness (QED) is 0.676. The van der Waals surface area contributed by atoms with E-state index in [1.54, 1.807) is 0 Å². The molecule has 0 aliphatic carbocycles. The van der Waals surface area contributed by atoms with Gasteiger partial charge in [0.25, 0.3) is 0 Å². The molecule has 72 valence electrons. The van der Waals surface area contributed by atoms with Crippen molar-refractivity contribution in [2.24, 2.45) is 0 Å². The molecule has 0 amide bonds. The Morgan fingerprint density at radius 2 is 2.36 bits per heavy atom. The van der Waals surface area contributed by atoms with Crippen LogP contribution >= 0.6 is 0 Å². The Bertz CT molecular complexity index is 485. The molecule has 2 rings (SSSR count). The van der Waals surface area contributed by atoms with E-state index in [0.717, 1.165) is 29.6 Å². The summed E-state index contributed by atoms with van der Waals surface area (Å²) in [7, 11) is 0. The third kappa shape index (κ3) is 1.21. The second-order valence-corrected chi connectivity index (χ2v) is 3.34. The monoisotopic (exact) mass is 188 g/mol. The van der Waals surface area contributed by atoms with Crippen LogP contribution in [0.2, 0.25) is 0 Å². The van der Waals surface area contributed by atoms with Crippen molar-refractivity contribution in [2.75, 3.05) is 0 Å². The first-order valence-corrected chi connectivity index (χ1v) is 4.69. The molecule has 3 heteroatoms. The lowest BCUT2D eigenvalue weighted by molar-refractivity contribution is 0.112. The van der Waals surface area contributed by atoms with Crippen LogP contribution in [0.25, 0.3) is 5.52 Å². The predicted octanol–water partition coefficient (Wildman–Crippen LogP) is 2.02. The van der Waals surface area contributed by atoms with Gasteiger partial charge in [0.1, 0.15) is 11.5 Å². The van der Waals surface area contributed by atoms with E-state index in [-0.39, 0.29) is 0 Å². The average Bonchev–Trinajstić information content (AvgIpc) is 2.55. The van der Waals surface area contributed by atoms with Gasteiger partial charge in [0.05, 0.1) is 5.52 Å². The molecule has 0 atom stereocenters. The number of fused-ring (bicyclic) bond motifs is 1. The fourth-order valence-corrected chi connectivity index (χ4v) is 1.61. The first-order chi connectivity index (χ1) is 6.76. The first-order valence-electron chi connectivity index (χ1n) is 4.69. The highest BCUT2D eigenvalue weighted by atomic mass is 16.1. The van der Waals surface area contributed by atoms with E-state index in [1.165, 1.54) is 0 Å². The first kappa shape index (κ1) is 8.94. The summed E-state index contributed by atoms with van der Waals surface area (Å²) in [6.45, 7) is 4.04. The highest BCUT2D eigenvalue weighted by Crippen LogP contribution is 2.13. The summed E-state index contributed by atoms with van der Waals surface area (Å²) in [4.78, 5) is 15.0. The van der Waals surface area contributed by atoms with Crippen molar-refractivity contribution < 1.29 is 4.79 Å². The van der Waals surface area contributed by atoms with Crippen LogP contribution < -0.4 is 0 Å². The Balaban J connectivity index is 2.82. The van der Waals surface area contributed by atoms with Gasteiger partial charge in [-0.25, -0.2) is 4.98 Å². The topological polar surface area (TPSA) is 34.4 Å². The van der Waals surface area contributed by atoms with E-state index in [0.29, 0.717) is 5.69 Å². The van der Waals surface area contributed by atoms with E-state index in [4.69, 9.17) is 0 Å². The maximum absolute atomic E-state index is 10.8. The predicted molar refractivity (Wildman–Crippen MR) is 54.7 cm³/mol. The van der Waals surface area contributed by atoms with Crippen LogP contribution in [-0.2, 0) is 6.42 Å². The Kier molecular flexibility index (Phi) is 2.08. The third-order valence-corrected chi connectivity index (χ3v) is 2.33. The van der Waals surface area contributed by atoms with Crippen LogP contribution in [0, 0.1) is 6.92 Å². The fraction of sp³-hybridized carbons (Fsp3) is 0.273. The molecule has 0 bridgehead atoms. The zero-order valence-electron chi connectivity index (χ0n) is 8.32. The summed E-state index contributed by atoms with van der Waals surface area (Å²) in [5.41, 5.74) is 2.57. The standard InChI is InChI=1S/C11H12N2O/c1-3-11-12-9(7-14)10-6-8(2)4-5-13(10)11/h4-7H,3H2,1-2H3. The van der Waals surface area contributed by atoms with Crippen LogP contribution in [0.15, 0.2) is 18.3 Å². The summed E-state index contributed by atoms with van der Waals surface area (Å²) in [5.74, 6) is 0.933. The number of aryl methyl sites for hydroxylation is 2.